The second kappa shape index (κ2) is 4.38. The molecule has 2 heterocycles. The molecule has 0 aromatic carbocycles. The van der Waals surface area contributed by atoms with E-state index in [0.717, 1.165) is 25.9 Å². The largest absolute Gasteiger partial charge is 0.367 e. The van der Waals surface area contributed by atoms with E-state index in [9.17, 15) is 0 Å². The number of nitrogens with zero attached hydrogens (tertiary/aromatic N) is 2. The van der Waals surface area contributed by atoms with Crippen LogP contribution in [-0.2, 0) is 15.8 Å². The molecular weight excluding hydrogens is 218 g/mol. The standard InChI is InChI=1S/C12H21N3O2/c1-4-11(2,8-13)10-14-9(15-17-10)12(3)6-5-7-16-12/h4-8,13H2,1-3H3. The van der Waals surface area contributed by atoms with Gasteiger partial charge in [-0.15, -0.1) is 0 Å². The van der Waals surface area contributed by atoms with Gasteiger partial charge in [-0.05, 0) is 33.1 Å². The monoisotopic (exact) mass is 239 g/mol. The molecule has 0 bridgehead atoms. The first kappa shape index (κ1) is 12.5. The highest BCUT2D eigenvalue weighted by Crippen LogP contribution is 2.35. The van der Waals surface area contributed by atoms with Crippen LogP contribution >= 0.6 is 0 Å². The van der Waals surface area contributed by atoms with Crippen LogP contribution in [0.25, 0.3) is 0 Å². The summed E-state index contributed by atoms with van der Waals surface area (Å²) in [6.45, 7) is 7.40. The van der Waals surface area contributed by atoms with E-state index < -0.39 is 0 Å². The Labute approximate surface area is 102 Å². The third-order valence-electron chi connectivity index (χ3n) is 3.87. The van der Waals surface area contributed by atoms with Gasteiger partial charge in [0.1, 0.15) is 5.60 Å². The zero-order chi connectivity index (χ0) is 12.5. The van der Waals surface area contributed by atoms with Gasteiger partial charge in [0.25, 0.3) is 0 Å². The molecule has 1 fully saturated rings. The van der Waals surface area contributed by atoms with Crippen molar-refractivity contribution in [3.05, 3.63) is 11.7 Å². The fraction of sp³-hybridized carbons (Fsp3) is 0.833. The summed E-state index contributed by atoms with van der Waals surface area (Å²) in [4.78, 5) is 4.50. The third-order valence-corrected chi connectivity index (χ3v) is 3.87. The highest BCUT2D eigenvalue weighted by molar-refractivity contribution is 5.08. The molecule has 0 radical (unpaired) electrons. The minimum absolute atomic E-state index is 0.236. The summed E-state index contributed by atoms with van der Waals surface area (Å²) in [5.74, 6) is 1.27. The smallest absolute Gasteiger partial charge is 0.233 e. The molecule has 1 aromatic rings. The van der Waals surface area contributed by atoms with Crippen molar-refractivity contribution in [1.82, 2.24) is 10.1 Å². The molecule has 2 rings (SSSR count). The third kappa shape index (κ3) is 2.09. The van der Waals surface area contributed by atoms with Crippen molar-refractivity contribution in [3.63, 3.8) is 0 Å². The average molecular weight is 239 g/mol. The van der Waals surface area contributed by atoms with Crippen LogP contribution in [0.15, 0.2) is 4.52 Å². The number of ether oxygens (including phenoxy) is 1. The molecular formula is C12H21N3O2. The van der Waals surface area contributed by atoms with E-state index in [0.29, 0.717) is 18.3 Å². The van der Waals surface area contributed by atoms with Gasteiger partial charge in [0, 0.05) is 13.2 Å². The number of hydrogen-bond donors (Lipinski definition) is 1. The van der Waals surface area contributed by atoms with Gasteiger partial charge >= 0.3 is 0 Å². The van der Waals surface area contributed by atoms with Gasteiger partial charge in [-0.25, -0.2) is 0 Å². The van der Waals surface area contributed by atoms with Crippen molar-refractivity contribution in [2.45, 2.75) is 51.0 Å². The predicted molar refractivity (Wildman–Crippen MR) is 63.5 cm³/mol. The quantitative estimate of drug-likeness (QED) is 0.866. The maximum Gasteiger partial charge on any atom is 0.233 e. The summed E-state index contributed by atoms with van der Waals surface area (Å²) in [5.41, 5.74) is 5.17. The summed E-state index contributed by atoms with van der Waals surface area (Å²) in [7, 11) is 0. The Morgan fingerprint density at radius 2 is 2.29 bits per heavy atom. The molecule has 1 aromatic heterocycles. The first-order chi connectivity index (χ1) is 8.04. The normalized spacial score (nSPS) is 28.2. The minimum atomic E-state index is -0.384. The molecule has 2 N–H and O–H groups in total. The lowest BCUT2D eigenvalue weighted by molar-refractivity contribution is 0.00768. The SMILES string of the molecule is CCC(C)(CN)c1nc(C2(C)CCCO2)no1. The Kier molecular flexibility index (Phi) is 3.23. The molecule has 5 nitrogen and oxygen atoms in total. The van der Waals surface area contributed by atoms with Crippen LogP contribution in [-0.4, -0.2) is 23.3 Å². The van der Waals surface area contributed by atoms with E-state index >= 15 is 0 Å². The van der Waals surface area contributed by atoms with E-state index in [1.807, 2.05) is 13.8 Å². The zero-order valence-corrected chi connectivity index (χ0v) is 10.8. The molecule has 96 valence electrons. The summed E-state index contributed by atoms with van der Waals surface area (Å²) in [6.07, 6.45) is 2.86. The van der Waals surface area contributed by atoms with Crippen molar-refractivity contribution < 1.29 is 9.26 Å². The summed E-state index contributed by atoms with van der Waals surface area (Å²) >= 11 is 0. The summed E-state index contributed by atoms with van der Waals surface area (Å²) in [5, 5.41) is 4.07. The van der Waals surface area contributed by atoms with Gasteiger partial charge < -0.3 is 15.0 Å². The molecule has 5 heteroatoms. The maximum atomic E-state index is 5.79. The molecule has 0 amide bonds. The van der Waals surface area contributed by atoms with Crippen LogP contribution in [0.2, 0.25) is 0 Å². The van der Waals surface area contributed by atoms with E-state index in [-0.39, 0.29) is 11.0 Å². The Bertz CT molecular complexity index is 360. The topological polar surface area (TPSA) is 74.2 Å². The van der Waals surface area contributed by atoms with Crippen molar-refractivity contribution in [3.8, 4) is 0 Å². The van der Waals surface area contributed by atoms with Crippen LogP contribution < -0.4 is 5.73 Å². The fourth-order valence-electron chi connectivity index (χ4n) is 2.02. The highest BCUT2D eigenvalue weighted by atomic mass is 16.5. The van der Waals surface area contributed by atoms with Crippen LogP contribution in [0.1, 0.15) is 51.7 Å². The van der Waals surface area contributed by atoms with Crippen LogP contribution in [0.5, 0.6) is 0 Å². The van der Waals surface area contributed by atoms with Crippen molar-refractivity contribution >= 4 is 0 Å². The van der Waals surface area contributed by atoms with Gasteiger partial charge in [0.2, 0.25) is 11.7 Å². The molecule has 17 heavy (non-hydrogen) atoms. The second-order valence-electron chi connectivity index (χ2n) is 5.22. The fourth-order valence-corrected chi connectivity index (χ4v) is 2.02. The Balaban J connectivity index is 2.27. The van der Waals surface area contributed by atoms with E-state index in [1.54, 1.807) is 0 Å². The molecule has 2 atom stereocenters. The Hall–Kier alpha value is -0.940. The molecule has 0 aliphatic carbocycles. The van der Waals surface area contributed by atoms with E-state index in [1.165, 1.54) is 0 Å². The predicted octanol–water partition coefficient (Wildman–Crippen LogP) is 1.72. The lowest BCUT2D eigenvalue weighted by atomic mass is 9.87. The van der Waals surface area contributed by atoms with Gasteiger partial charge in [0.05, 0.1) is 5.41 Å². The van der Waals surface area contributed by atoms with Crippen molar-refractivity contribution in [2.75, 3.05) is 13.2 Å². The summed E-state index contributed by atoms with van der Waals surface area (Å²) < 4.78 is 11.1. The Morgan fingerprint density at radius 1 is 1.53 bits per heavy atom. The molecule has 1 aliphatic rings. The van der Waals surface area contributed by atoms with Crippen molar-refractivity contribution in [1.29, 1.82) is 0 Å². The van der Waals surface area contributed by atoms with Crippen LogP contribution in [0.3, 0.4) is 0 Å². The summed E-state index contributed by atoms with van der Waals surface area (Å²) in [6, 6.07) is 0. The molecule has 1 saturated heterocycles. The number of nitrogens with two attached hydrogens (primary N) is 1. The zero-order valence-electron chi connectivity index (χ0n) is 10.8. The molecule has 0 saturated carbocycles. The van der Waals surface area contributed by atoms with Crippen molar-refractivity contribution in [2.24, 2.45) is 5.73 Å². The number of rotatable bonds is 4. The van der Waals surface area contributed by atoms with E-state index in [4.69, 9.17) is 15.0 Å². The molecule has 2 unspecified atom stereocenters. The van der Waals surface area contributed by atoms with E-state index in [2.05, 4.69) is 17.1 Å². The minimum Gasteiger partial charge on any atom is -0.367 e. The van der Waals surface area contributed by atoms with Gasteiger partial charge in [-0.1, -0.05) is 12.1 Å². The van der Waals surface area contributed by atoms with Gasteiger partial charge in [-0.3, -0.25) is 0 Å². The first-order valence-corrected chi connectivity index (χ1v) is 6.23. The highest BCUT2D eigenvalue weighted by Gasteiger charge is 2.39. The van der Waals surface area contributed by atoms with Crippen LogP contribution in [0, 0.1) is 0 Å². The maximum absolute atomic E-state index is 5.79. The second-order valence-corrected chi connectivity index (χ2v) is 5.22. The lowest BCUT2D eigenvalue weighted by Gasteiger charge is -2.21. The first-order valence-electron chi connectivity index (χ1n) is 6.23. The number of aromatic nitrogens is 2. The Morgan fingerprint density at radius 3 is 2.82 bits per heavy atom. The van der Waals surface area contributed by atoms with Crippen LogP contribution in [0.4, 0.5) is 0 Å². The number of hydrogen-bond acceptors (Lipinski definition) is 5. The molecule has 0 spiro atoms. The lowest BCUT2D eigenvalue weighted by Crippen LogP contribution is -2.31. The average Bonchev–Trinajstić information content (AvgIpc) is 2.97. The van der Waals surface area contributed by atoms with Gasteiger partial charge in [-0.2, -0.15) is 4.98 Å². The molecule has 1 aliphatic heterocycles. The van der Waals surface area contributed by atoms with Gasteiger partial charge in [0.15, 0.2) is 0 Å².